The van der Waals surface area contributed by atoms with E-state index in [-0.39, 0.29) is 29.2 Å². The van der Waals surface area contributed by atoms with Crippen molar-refractivity contribution < 1.29 is 27.8 Å². The van der Waals surface area contributed by atoms with Gasteiger partial charge in [0.05, 0.1) is 0 Å². The number of hydrogen-bond donors (Lipinski definition) is 0. The summed E-state index contributed by atoms with van der Waals surface area (Å²) in [6, 6.07) is 15.4. The van der Waals surface area contributed by atoms with Gasteiger partial charge in [-0.1, -0.05) is 43.0 Å². The first-order valence-corrected chi connectivity index (χ1v) is 9.24. The van der Waals surface area contributed by atoms with E-state index in [1.807, 2.05) is 24.3 Å². The van der Waals surface area contributed by atoms with Gasteiger partial charge in [0.1, 0.15) is 35.3 Å². The molecule has 0 aliphatic carbocycles. The van der Waals surface area contributed by atoms with Crippen molar-refractivity contribution in [1.29, 1.82) is 0 Å². The molecule has 4 nitrogen and oxygen atoms in total. The summed E-state index contributed by atoms with van der Waals surface area (Å²) in [5.41, 5.74) is 2.06. The number of esters is 1. The molecule has 1 heterocycles. The van der Waals surface area contributed by atoms with E-state index in [1.165, 1.54) is 6.92 Å². The molecule has 0 saturated carbocycles. The fourth-order valence-electron chi connectivity index (χ4n) is 3.22. The van der Waals surface area contributed by atoms with Gasteiger partial charge in [-0.25, -0.2) is 13.6 Å². The van der Waals surface area contributed by atoms with Crippen LogP contribution in [0.4, 0.5) is 8.78 Å². The van der Waals surface area contributed by atoms with Crippen LogP contribution in [0.1, 0.15) is 34.0 Å². The molecule has 0 spiro atoms. The van der Waals surface area contributed by atoms with Gasteiger partial charge >= 0.3 is 5.97 Å². The maximum absolute atomic E-state index is 13.7. The van der Waals surface area contributed by atoms with E-state index in [1.54, 1.807) is 24.3 Å². The zero-order valence-electron chi connectivity index (χ0n) is 16.2. The van der Waals surface area contributed by atoms with Crippen LogP contribution in [0.25, 0.3) is 6.08 Å². The highest BCUT2D eigenvalue weighted by Crippen LogP contribution is 2.41. The zero-order chi connectivity index (χ0) is 21.3. The third kappa shape index (κ3) is 3.76. The molecule has 0 N–H and O–H groups in total. The Morgan fingerprint density at radius 2 is 1.73 bits per heavy atom. The number of fused-ring (bicyclic) bond motifs is 1. The summed E-state index contributed by atoms with van der Waals surface area (Å²) in [5.74, 6) is -3.48. The van der Waals surface area contributed by atoms with E-state index in [9.17, 15) is 13.6 Å². The van der Waals surface area contributed by atoms with Crippen molar-refractivity contribution in [1.82, 2.24) is 0 Å². The van der Waals surface area contributed by atoms with Gasteiger partial charge in [0.15, 0.2) is 0 Å². The average Bonchev–Trinajstić information content (AvgIpc) is 2.71. The van der Waals surface area contributed by atoms with Crippen LogP contribution in [0.15, 0.2) is 67.2 Å². The van der Waals surface area contributed by atoms with E-state index in [4.69, 9.17) is 14.2 Å². The van der Waals surface area contributed by atoms with Crippen LogP contribution in [0.5, 0.6) is 11.5 Å². The van der Waals surface area contributed by atoms with Crippen molar-refractivity contribution in [3.8, 4) is 11.5 Å². The lowest BCUT2D eigenvalue weighted by Crippen LogP contribution is -2.39. The summed E-state index contributed by atoms with van der Waals surface area (Å²) < 4.78 is 44.4. The van der Waals surface area contributed by atoms with Gasteiger partial charge in [-0.2, -0.15) is 0 Å². The van der Waals surface area contributed by atoms with Crippen molar-refractivity contribution >= 4 is 12.0 Å². The largest absolute Gasteiger partial charge is 0.488 e. The Labute approximate surface area is 172 Å². The van der Waals surface area contributed by atoms with Crippen LogP contribution in [0, 0.1) is 11.6 Å². The summed E-state index contributed by atoms with van der Waals surface area (Å²) >= 11 is 0. The second-order valence-corrected chi connectivity index (χ2v) is 6.96. The van der Waals surface area contributed by atoms with Gasteiger partial charge in [0, 0.05) is 18.6 Å². The lowest BCUT2D eigenvalue weighted by molar-refractivity contribution is -0.149. The second kappa shape index (κ2) is 7.63. The molecule has 6 heteroatoms. The summed E-state index contributed by atoms with van der Waals surface area (Å²) in [7, 11) is 0. The third-order valence-electron chi connectivity index (χ3n) is 4.78. The van der Waals surface area contributed by atoms with Crippen molar-refractivity contribution in [2.24, 2.45) is 0 Å². The molecule has 0 saturated heterocycles. The Hall–Kier alpha value is -3.67. The first-order valence-electron chi connectivity index (χ1n) is 9.24. The maximum atomic E-state index is 13.7. The van der Waals surface area contributed by atoms with Gasteiger partial charge in [0.25, 0.3) is 5.79 Å². The van der Waals surface area contributed by atoms with Crippen LogP contribution >= 0.6 is 0 Å². The topological polar surface area (TPSA) is 44.8 Å². The fraction of sp³-hybridized carbons (Fsp3) is 0.125. The molecule has 0 fully saturated rings. The van der Waals surface area contributed by atoms with Crippen LogP contribution in [-0.2, 0) is 17.1 Å². The van der Waals surface area contributed by atoms with Crippen molar-refractivity contribution in [3.63, 3.8) is 0 Å². The number of cyclic esters (lactones) is 1. The first kappa shape index (κ1) is 19.6. The molecule has 3 aromatic rings. The second-order valence-electron chi connectivity index (χ2n) is 6.96. The van der Waals surface area contributed by atoms with E-state index >= 15 is 0 Å². The molecular formula is C24H18F2O4. The predicted molar refractivity (Wildman–Crippen MR) is 107 cm³/mol. The van der Waals surface area contributed by atoms with Crippen molar-refractivity contribution in [2.75, 3.05) is 0 Å². The standard InChI is InChI=1S/C24H18F2O4/c1-3-15-7-9-16(10-8-15)14-28-20-5-4-6-21-22(20)23(27)30-24(2,29-21)17-11-18(25)13-19(26)12-17/h3-13H,1,14H2,2H3. The van der Waals surface area contributed by atoms with Gasteiger partial charge in [0.2, 0.25) is 0 Å². The summed E-state index contributed by atoms with van der Waals surface area (Å²) in [6.45, 7) is 5.37. The lowest BCUT2D eigenvalue weighted by Gasteiger charge is -2.35. The first-order chi connectivity index (χ1) is 14.4. The number of carbonyl (C=O) groups is 1. The summed E-state index contributed by atoms with van der Waals surface area (Å²) in [4.78, 5) is 12.8. The van der Waals surface area contributed by atoms with E-state index in [0.717, 1.165) is 29.3 Å². The Bertz CT molecular complexity index is 1100. The molecular weight excluding hydrogens is 390 g/mol. The summed E-state index contributed by atoms with van der Waals surface area (Å²) in [5, 5.41) is 0. The van der Waals surface area contributed by atoms with Crippen LogP contribution in [0.2, 0.25) is 0 Å². The van der Waals surface area contributed by atoms with Gasteiger partial charge < -0.3 is 14.2 Å². The normalized spacial score (nSPS) is 17.5. The molecule has 1 atom stereocenters. The number of hydrogen-bond acceptors (Lipinski definition) is 4. The quantitative estimate of drug-likeness (QED) is 0.515. The molecule has 0 radical (unpaired) electrons. The minimum Gasteiger partial charge on any atom is -0.488 e. The van der Waals surface area contributed by atoms with E-state index in [0.29, 0.717) is 0 Å². The molecule has 0 bridgehead atoms. The number of carbonyl (C=O) groups excluding carboxylic acids is 1. The molecule has 30 heavy (non-hydrogen) atoms. The van der Waals surface area contributed by atoms with Gasteiger partial charge in [-0.05, 0) is 35.4 Å². The SMILES string of the molecule is C=Cc1ccc(COc2cccc3c2C(=O)OC(C)(c2cc(F)cc(F)c2)O3)cc1. The maximum Gasteiger partial charge on any atom is 0.349 e. The molecule has 1 aliphatic heterocycles. The van der Waals surface area contributed by atoms with Crippen LogP contribution in [0.3, 0.4) is 0 Å². The van der Waals surface area contributed by atoms with Crippen LogP contribution < -0.4 is 9.47 Å². The highest BCUT2D eigenvalue weighted by atomic mass is 19.1. The number of ether oxygens (including phenoxy) is 3. The Kier molecular flexibility index (Phi) is 4.99. The number of rotatable bonds is 5. The van der Waals surface area contributed by atoms with Gasteiger partial charge in [-0.3, -0.25) is 0 Å². The summed E-state index contributed by atoms with van der Waals surface area (Å²) in [6.07, 6.45) is 1.74. The van der Waals surface area contributed by atoms with E-state index in [2.05, 4.69) is 6.58 Å². The number of benzene rings is 3. The Morgan fingerprint density at radius 1 is 1.03 bits per heavy atom. The molecule has 0 aromatic heterocycles. The van der Waals surface area contributed by atoms with Crippen molar-refractivity contribution in [3.05, 3.63) is 101 Å². The minimum atomic E-state index is -1.67. The Morgan fingerprint density at radius 3 is 2.40 bits per heavy atom. The Balaban J connectivity index is 1.61. The van der Waals surface area contributed by atoms with Crippen molar-refractivity contribution in [2.45, 2.75) is 19.3 Å². The average molecular weight is 408 g/mol. The molecule has 0 amide bonds. The fourth-order valence-corrected chi connectivity index (χ4v) is 3.22. The molecule has 1 aliphatic rings. The molecule has 3 aromatic carbocycles. The van der Waals surface area contributed by atoms with Gasteiger partial charge in [-0.15, -0.1) is 0 Å². The highest BCUT2D eigenvalue weighted by Gasteiger charge is 2.42. The molecule has 1 unspecified atom stereocenters. The highest BCUT2D eigenvalue weighted by molar-refractivity contribution is 5.96. The molecule has 4 rings (SSSR count). The van der Waals surface area contributed by atoms with E-state index < -0.39 is 23.4 Å². The molecule has 152 valence electrons. The number of halogens is 2. The third-order valence-corrected chi connectivity index (χ3v) is 4.78. The lowest BCUT2D eigenvalue weighted by atomic mass is 10.0. The monoisotopic (exact) mass is 408 g/mol. The zero-order valence-corrected chi connectivity index (χ0v) is 16.2. The minimum absolute atomic E-state index is 0.0487. The predicted octanol–water partition coefficient (Wildman–Crippen LogP) is 5.61. The smallest absolute Gasteiger partial charge is 0.349 e. The van der Waals surface area contributed by atoms with Crippen LogP contribution in [-0.4, -0.2) is 5.97 Å².